The third-order valence-corrected chi connectivity index (χ3v) is 7.84. The number of carbonyl (C=O) groups is 1. The van der Waals surface area contributed by atoms with E-state index in [2.05, 4.69) is 6.58 Å². The maximum atomic E-state index is 13.4. The molecule has 0 aliphatic carbocycles. The summed E-state index contributed by atoms with van der Waals surface area (Å²) in [5.41, 5.74) is 0.562. The van der Waals surface area contributed by atoms with E-state index in [1.165, 1.54) is 17.0 Å². The first kappa shape index (κ1) is 28.3. The van der Waals surface area contributed by atoms with Gasteiger partial charge in [0.25, 0.3) is 10.1 Å². The molecule has 4 rings (SSSR count). The number of nitrogens with zero attached hydrogens (tertiary/aromatic N) is 1. The molecular weight excluding hydrogens is 510 g/mol. The first-order valence-corrected chi connectivity index (χ1v) is 13.9. The third-order valence-electron chi connectivity index (χ3n) is 6.54. The quantitative estimate of drug-likeness (QED) is 0.352. The van der Waals surface area contributed by atoms with Gasteiger partial charge in [-0.3, -0.25) is 9.08 Å². The van der Waals surface area contributed by atoms with Crippen molar-refractivity contribution in [1.82, 2.24) is 4.90 Å². The lowest BCUT2D eigenvalue weighted by molar-refractivity contribution is -0.164. The fraction of sp³-hybridized carbons (Fsp3) is 0.464. The summed E-state index contributed by atoms with van der Waals surface area (Å²) < 4.78 is 55.6. The molecule has 2 saturated heterocycles. The Labute approximate surface area is 224 Å². The van der Waals surface area contributed by atoms with E-state index in [0.29, 0.717) is 0 Å². The molecule has 0 N–H and O–H groups in total. The van der Waals surface area contributed by atoms with Gasteiger partial charge in [-0.15, -0.1) is 6.58 Å². The normalized spacial score (nSPS) is 26.3. The summed E-state index contributed by atoms with van der Waals surface area (Å²) in [4.78, 5) is 14.8. The first-order valence-electron chi connectivity index (χ1n) is 12.5. The standard InChI is InChI=1S/C28H35NO8S/c1-7-23-25(37-28(5,6)35-23)24-22(18-34-38(31,32)21-15-13-19(2)14-16-21)29(27(3,4)36-24)26(30)33-17-20-11-9-8-10-12-20/h7-16,22-25H,1,17-18H2,2-6H3/t22-,23+,24-,25+/m1/s1. The summed E-state index contributed by atoms with van der Waals surface area (Å²) in [6.07, 6.45) is -1.09. The highest BCUT2D eigenvalue weighted by Gasteiger charge is 2.58. The van der Waals surface area contributed by atoms with Crippen molar-refractivity contribution in [1.29, 1.82) is 0 Å². The average molecular weight is 546 g/mol. The zero-order chi connectivity index (χ0) is 27.7. The summed E-state index contributed by atoms with van der Waals surface area (Å²) in [6, 6.07) is 14.7. The largest absolute Gasteiger partial charge is 0.444 e. The Kier molecular flexibility index (Phi) is 8.02. The number of ether oxygens (including phenoxy) is 4. The fourth-order valence-electron chi connectivity index (χ4n) is 4.80. The van der Waals surface area contributed by atoms with Gasteiger partial charge in [0, 0.05) is 0 Å². The molecule has 2 heterocycles. The first-order chi connectivity index (χ1) is 17.8. The number of amides is 1. The topological polar surface area (TPSA) is 101 Å². The molecular formula is C28H35NO8S. The van der Waals surface area contributed by atoms with Gasteiger partial charge in [0.05, 0.1) is 17.5 Å². The van der Waals surface area contributed by atoms with Crippen LogP contribution in [0.15, 0.2) is 72.1 Å². The molecule has 2 aliphatic heterocycles. The highest BCUT2D eigenvalue weighted by atomic mass is 32.2. The Morgan fingerprint density at radius 3 is 2.29 bits per heavy atom. The molecule has 9 nitrogen and oxygen atoms in total. The number of benzene rings is 2. The molecule has 0 saturated carbocycles. The Bertz CT molecular complexity index is 1240. The molecule has 2 aromatic carbocycles. The maximum absolute atomic E-state index is 13.4. The molecule has 0 unspecified atom stereocenters. The summed E-state index contributed by atoms with van der Waals surface area (Å²) in [5, 5.41) is 0. The van der Waals surface area contributed by atoms with Crippen molar-refractivity contribution in [3.05, 3.63) is 78.4 Å². The second-order valence-electron chi connectivity index (χ2n) is 10.4. The molecule has 0 spiro atoms. The molecule has 2 fully saturated rings. The van der Waals surface area contributed by atoms with E-state index < -0.39 is 52.1 Å². The van der Waals surface area contributed by atoms with Gasteiger partial charge in [0.15, 0.2) is 5.79 Å². The van der Waals surface area contributed by atoms with E-state index in [9.17, 15) is 13.2 Å². The molecule has 0 aromatic heterocycles. The lowest BCUT2D eigenvalue weighted by Gasteiger charge is -2.32. The van der Waals surface area contributed by atoms with Gasteiger partial charge in [-0.25, -0.2) is 4.79 Å². The van der Waals surface area contributed by atoms with Crippen molar-refractivity contribution in [3.63, 3.8) is 0 Å². The summed E-state index contributed by atoms with van der Waals surface area (Å²) in [5.74, 6) is -0.933. The summed E-state index contributed by atoms with van der Waals surface area (Å²) >= 11 is 0. The molecule has 0 bridgehead atoms. The average Bonchev–Trinajstić information content (AvgIpc) is 3.33. The summed E-state index contributed by atoms with van der Waals surface area (Å²) in [6.45, 7) is 12.3. The van der Waals surface area contributed by atoms with Crippen LogP contribution in [0.3, 0.4) is 0 Å². The third kappa shape index (κ3) is 6.10. The molecule has 206 valence electrons. The van der Waals surface area contributed by atoms with E-state index in [4.69, 9.17) is 23.1 Å². The van der Waals surface area contributed by atoms with E-state index in [-0.39, 0.29) is 18.1 Å². The Balaban J connectivity index is 1.62. The zero-order valence-electron chi connectivity index (χ0n) is 22.3. The number of hydrogen-bond acceptors (Lipinski definition) is 8. The van der Waals surface area contributed by atoms with Gasteiger partial charge in [0.1, 0.15) is 30.6 Å². The lowest BCUT2D eigenvalue weighted by atomic mass is 10.0. The van der Waals surface area contributed by atoms with Crippen LogP contribution in [0.2, 0.25) is 0 Å². The van der Waals surface area contributed by atoms with Gasteiger partial charge in [-0.05, 0) is 52.3 Å². The monoisotopic (exact) mass is 545 g/mol. The van der Waals surface area contributed by atoms with Gasteiger partial charge >= 0.3 is 6.09 Å². The number of carbonyl (C=O) groups excluding carboxylic acids is 1. The van der Waals surface area contributed by atoms with Gasteiger partial charge in [0.2, 0.25) is 0 Å². The van der Waals surface area contributed by atoms with Crippen LogP contribution in [-0.2, 0) is 39.9 Å². The maximum Gasteiger partial charge on any atom is 0.412 e. The van der Waals surface area contributed by atoms with Crippen LogP contribution in [0.4, 0.5) is 4.79 Å². The lowest BCUT2D eigenvalue weighted by Crippen LogP contribution is -2.52. The highest BCUT2D eigenvalue weighted by Crippen LogP contribution is 2.41. The Morgan fingerprint density at radius 1 is 1.00 bits per heavy atom. The van der Waals surface area contributed by atoms with Crippen LogP contribution in [0.1, 0.15) is 38.8 Å². The van der Waals surface area contributed by atoms with Crippen LogP contribution in [0, 0.1) is 6.92 Å². The predicted octanol–water partition coefficient (Wildman–Crippen LogP) is 4.55. The Hall–Kier alpha value is -2.76. The second-order valence-corrected chi connectivity index (χ2v) is 12.0. The minimum absolute atomic E-state index is 0.0154. The van der Waals surface area contributed by atoms with Crippen LogP contribution in [0.25, 0.3) is 0 Å². The SMILES string of the molecule is C=C[C@@H]1OC(C)(C)O[C@@H]1[C@@H]1OC(C)(C)N(C(=O)OCc2ccccc2)[C@@H]1COS(=O)(=O)c1ccc(C)cc1. The molecule has 2 aliphatic rings. The second kappa shape index (κ2) is 10.8. The number of rotatable bonds is 8. The minimum atomic E-state index is -4.12. The fourth-order valence-corrected chi connectivity index (χ4v) is 5.72. The van der Waals surface area contributed by atoms with E-state index in [1.54, 1.807) is 45.9 Å². The molecule has 10 heteroatoms. The minimum Gasteiger partial charge on any atom is -0.444 e. The van der Waals surface area contributed by atoms with Crippen molar-refractivity contribution < 1.29 is 36.3 Å². The predicted molar refractivity (Wildman–Crippen MR) is 140 cm³/mol. The smallest absolute Gasteiger partial charge is 0.412 e. The van der Waals surface area contributed by atoms with E-state index >= 15 is 0 Å². The number of aryl methyl sites for hydroxylation is 1. The van der Waals surface area contributed by atoms with Crippen LogP contribution in [-0.4, -0.2) is 61.9 Å². The Morgan fingerprint density at radius 2 is 1.66 bits per heavy atom. The van der Waals surface area contributed by atoms with Gasteiger partial charge < -0.3 is 18.9 Å². The molecule has 38 heavy (non-hydrogen) atoms. The summed E-state index contributed by atoms with van der Waals surface area (Å²) in [7, 11) is -4.12. The van der Waals surface area contributed by atoms with Crippen LogP contribution >= 0.6 is 0 Å². The molecule has 0 radical (unpaired) electrons. The van der Waals surface area contributed by atoms with Crippen molar-refractivity contribution in [3.8, 4) is 0 Å². The van der Waals surface area contributed by atoms with Crippen molar-refractivity contribution >= 4 is 16.2 Å². The molecule has 4 atom stereocenters. The van der Waals surface area contributed by atoms with Crippen molar-refractivity contribution in [2.75, 3.05) is 6.61 Å². The zero-order valence-corrected chi connectivity index (χ0v) is 23.1. The molecule has 2 aromatic rings. The van der Waals surface area contributed by atoms with Crippen LogP contribution < -0.4 is 0 Å². The van der Waals surface area contributed by atoms with Gasteiger partial charge in [-0.1, -0.05) is 54.1 Å². The van der Waals surface area contributed by atoms with Crippen molar-refractivity contribution in [2.45, 2.75) is 82.0 Å². The van der Waals surface area contributed by atoms with E-state index in [1.807, 2.05) is 37.3 Å². The van der Waals surface area contributed by atoms with E-state index in [0.717, 1.165) is 11.1 Å². The number of hydrogen-bond donors (Lipinski definition) is 0. The van der Waals surface area contributed by atoms with Crippen molar-refractivity contribution in [2.24, 2.45) is 0 Å². The van der Waals surface area contributed by atoms with Gasteiger partial charge in [-0.2, -0.15) is 8.42 Å². The molecule has 1 amide bonds. The highest BCUT2D eigenvalue weighted by molar-refractivity contribution is 7.86. The van der Waals surface area contributed by atoms with Crippen LogP contribution in [0.5, 0.6) is 0 Å².